The van der Waals surface area contributed by atoms with E-state index in [-0.39, 0.29) is 0 Å². The highest BCUT2D eigenvalue weighted by molar-refractivity contribution is 6.30. The first-order chi connectivity index (χ1) is 9.65. The fourth-order valence-corrected chi connectivity index (χ4v) is 2.69. The smallest absolute Gasteiger partial charge is 0.156 e. The zero-order valence-electron chi connectivity index (χ0n) is 11.4. The second-order valence-electron chi connectivity index (χ2n) is 5.06. The number of nitrogens with zero attached hydrogens (tertiary/aromatic N) is 3. The molecule has 0 aliphatic carbocycles. The summed E-state index contributed by atoms with van der Waals surface area (Å²) in [5.74, 6) is 1.60. The van der Waals surface area contributed by atoms with Crippen molar-refractivity contribution in [2.45, 2.75) is 19.8 Å². The summed E-state index contributed by atoms with van der Waals surface area (Å²) >= 11 is 5.93. The van der Waals surface area contributed by atoms with Crippen LogP contribution in [0.1, 0.15) is 18.7 Å². The number of nitrogen functional groups attached to an aromatic ring is 1. The van der Waals surface area contributed by atoms with Crippen LogP contribution in [-0.2, 0) is 0 Å². The molecule has 0 unspecified atom stereocenters. The van der Waals surface area contributed by atoms with Gasteiger partial charge in [0.05, 0.1) is 5.69 Å². The summed E-state index contributed by atoms with van der Waals surface area (Å²) in [6.45, 7) is 3.93. The zero-order valence-corrected chi connectivity index (χ0v) is 12.2. The van der Waals surface area contributed by atoms with Crippen LogP contribution in [0.2, 0.25) is 5.02 Å². The lowest BCUT2D eigenvalue weighted by Crippen LogP contribution is -2.21. The Kier molecular flexibility index (Phi) is 3.49. The molecule has 2 aromatic rings. The van der Waals surface area contributed by atoms with Crippen molar-refractivity contribution in [3.05, 3.63) is 35.1 Å². The maximum Gasteiger partial charge on any atom is 0.156 e. The molecule has 5 heteroatoms. The molecular weight excluding hydrogens is 272 g/mol. The summed E-state index contributed by atoms with van der Waals surface area (Å²) in [6.07, 6.45) is 2.39. The third-order valence-corrected chi connectivity index (χ3v) is 3.81. The number of rotatable bonds is 2. The van der Waals surface area contributed by atoms with Crippen LogP contribution in [-0.4, -0.2) is 23.1 Å². The fourth-order valence-electron chi connectivity index (χ4n) is 2.56. The summed E-state index contributed by atoms with van der Waals surface area (Å²) in [6, 6.07) is 7.58. The van der Waals surface area contributed by atoms with Crippen molar-refractivity contribution < 1.29 is 0 Å². The minimum Gasteiger partial charge on any atom is -0.394 e. The number of hydrogen-bond donors (Lipinski definition) is 1. The van der Waals surface area contributed by atoms with E-state index in [1.807, 2.05) is 31.2 Å². The fraction of sp³-hybridized carbons (Fsp3) is 0.333. The van der Waals surface area contributed by atoms with E-state index >= 15 is 0 Å². The van der Waals surface area contributed by atoms with Crippen LogP contribution in [0, 0.1) is 6.92 Å². The first-order valence-corrected chi connectivity index (χ1v) is 7.18. The molecule has 0 amide bonds. The average molecular weight is 289 g/mol. The molecule has 1 saturated heterocycles. The Morgan fingerprint density at radius 1 is 1.10 bits per heavy atom. The average Bonchev–Trinajstić information content (AvgIpc) is 2.96. The molecule has 20 heavy (non-hydrogen) atoms. The number of anilines is 2. The molecule has 4 nitrogen and oxygen atoms in total. The third-order valence-electron chi connectivity index (χ3n) is 3.56. The largest absolute Gasteiger partial charge is 0.394 e. The Bertz CT molecular complexity index is 619. The van der Waals surface area contributed by atoms with Crippen molar-refractivity contribution in [2.24, 2.45) is 0 Å². The maximum absolute atomic E-state index is 6.30. The normalized spacial score (nSPS) is 14.8. The van der Waals surface area contributed by atoms with E-state index < -0.39 is 0 Å². The van der Waals surface area contributed by atoms with Gasteiger partial charge in [-0.2, -0.15) is 0 Å². The van der Waals surface area contributed by atoms with Gasteiger partial charge in [-0.05, 0) is 31.9 Å². The van der Waals surface area contributed by atoms with Gasteiger partial charge in [-0.1, -0.05) is 23.7 Å². The predicted molar refractivity (Wildman–Crippen MR) is 83.1 cm³/mol. The van der Waals surface area contributed by atoms with Crippen LogP contribution in [0.25, 0.3) is 11.3 Å². The third kappa shape index (κ3) is 2.43. The maximum atomic E-state index is 6.30. The molecule has 1 aromatic carbocycles. The minimum atomic E-state index is 0.653. The van der Waals surface area contributed by atoms with Gasteiger partial charge in [0.25, 0.3) is 0 Å². The lowest BCUT2D eigenvalue weighted by Gasteiger charge is -2.20. The summed E-state index contributed by atoms with van der Waals surface area (Å²) in [5, 5.41) is 0.706. The second kappa shape index (κ2) is 5.29. The molecule has 104 valence electrons. The van der Waals surface area contributed by atoms with Gasteiger partial charge in [-0.15, -0.1) is 0 Å². The summed E-state index contributed by atoms with van der Waals surface area (Å²) in [5.41, 5.74) is 8.71. The Labute approximate surface area is 123 Å². The molecule has 0 atom stereocenters. The zero-order chi connectivity index (χ0) is 14.1. The number of aryl methyl sites for hydroxylation is 1. The standard InChI is InChI=1S/C15H17ClN4/c1-10-18-14(11-4-6-12(16)7-5-11)13(17)15(19-10)20-8-2-3-9-20/h4-7H,2-3,8-9,17H2,1H3. The molecule has 1 aliphatic heterocycles. The molecule has 2 N–H and O–H groups in total. The summed E-state index contributed by atoms with van der Waals surface area (Å²) in [7, 11) is 0. The number of benzene rings is 1. The quantitative estimate of drug-likeness (QED) is 0.921. The lowest BCUT2D eigenvalue weighted by molar-refractivity contribution is 0.915. The predicted octanol–water partition coefficient (Wildman–Crippen LogP) is 3.29. The Hall–Kier alpha value is -1.81. The van der Waals surface area contributed by atoms with E-state index in [1.165, 1.54) is 12.8 Å². The molecule has 0 bridgehead atoms. The molecule has 1 fully saturated rings. The van der Waals surface area contributed by atoms with Gasteiger partial charge < -0.3 is 10.6 Å². The van der Waals surface area contributed by atoms with Gasteiger partial charge in [-0.25, -0.2) is 9.97 Å². The van der Waals surface area contributed by atoms with Crippen LogP contribution in [0.3, 0.4) is 0 Å². The van der Waals surface area contributed by atoms with Crippen LogP contribution in [0.15, 0.2) is 24.3 Å². The van der Waals surface area contributed by atoms with Crippen molar-refractivity contribution in [3.63, 3.8) is 0 Å². The van der Waals surface area contributed by atoms with Gasteiger partial charge in [0.1, 0.15) is 11.5 Å². The van der Waals surface area contributed by atoms with Gasteiger partial charge in [-0.3, -0.25) is 0 Å². The van der Waals surface area contributed by atoms with Crippen LogP contribution in [0.4, 0.5) is 11.5 Å². The van der Waals surface area contributed by atoms with Gasteiger partial charge >= 0.3 is 0 Å². The van der Waals surface area contributed by atoms with Crippen LogP contribution in [0.5, 0.6) is 0 Å². The highest BCUT2D eigenvalue weighted by Crippen LogP contribution is 2.33. The molecule has 1 aromatic heterocycles. The molecule has 2 heterocycles. The van der Waals surface area contributed by atoms with E-state index in [0.29, 0.717) is 10.7 Å². The van der Waals surface area contributed by atoms with Crippen molar-refractivity contribution in [1.82, 2.24) is 9.97 Å². The van der Waals surface area contributed by atoms with Crippen molar-refractivity contribution in [1.29, 1.82) is 0 Å². The molecule has 0 spiro atoms. The minimum absolute atomic E-state index is 0.653. The molecule has 0 radical (unpaired) electrons. The summed E-state index contributed by atoms with van der Waals surface area (Å²) < 4.78 is 0. The summed E-state index contributed by atoms with van der Waals surface area (Å²) in [4.78, 5) is 11.3. The van der Waals surface area contributed by atoms with E-state index in [2.05, 4.69) is 14.9 Å². The monoisotopic (exact) mass is 288 g/mol. The Morgan fingerprint density at radius 3 is 2.40 bits per heavy atom. The molecule has 0 saturated carbocycles. The number of nitrogens with two attached hydrogens (primary N) is 1. The van der Waals surface area contributed by atoms with Crippen molar-refractivity contribution >= 4 is 23.1 Å². The van der Waals surface area contributed by atoms with E-state index in [9.17, 15) is 0 Å². The SMILES string of the molecule is Cc1nc(-c2ccc(Cl)cc2)c(N)c(N2CCCC2)n1. The van der Waals surface area contributed by atoms with Crippen molar-refractivity contribution in [3.8, 4) is 11.3 Å². The highest BCUT2D eigenvalue weighted by Gasteiger charge is 2.20. The molecular formula is C15H17ClN4. The van der Waals surface area contributed by atoms with Gasteiger partial charge in [0.15, 0.2) is 5.82 Å². The lowest BCUT2D eigenvalue weighted by atomic mass is 10.1. The van der Waals surface area contributed by atoms with Crippen LogP contribution < -0.4 is 10.6 Å². The number of aromatic nitrogens is 2. The Balaban J connectivity index is 2.08. The second-order valence-corrected chi connectivity index (χ2v) is 5.49. The highest BCUT2D eigenvalue weighted by atomic mass is 35.5. The van der Waals surface area contributed by atoms with Crippen molar-refractivity contribution in [2.75, 3.05) is 23.7 Å². The van der Waals surface area contributed by atoms with Gasteiger partial charge in [0, 0.05) is 23.7 Å². The molecule has 3 rings (SSSR count). The first-order valence-electron chi connectivity index (χ1n) is 6.80. The van der Waals surface area contributed by atoms with E-state index in [4.69, 9.17) is 17.3 Å². The van der Waals surface area contributed by atoms with E-state index in [1.54, 1.807) is 0 Å². The topological polar surface area (TPSA) is 55.0 Å². The molecule has 1 aliphatic rings. The van der Waals surface area contributed by atoms with Gasteiger partial charge in [0.2, 0.25) is 0 Å². The van der Waals surface area contributed by atoms with E-state index in [0.717, 1.165) is 36.0 Å². The first kappa shape index (κ1) is 13.2. The number of hydrogen-bond acceptors (Lipinski definition) is 4. The van der Waals surface area contributed by atoms with Crippen LogP contribution >= 0.6 is 11.6 Å². The Morgan fingerprint density at radius 2 is 1.75 bits per heavy atom. The number of halogens is 1.